The fourth-order valence-corrected chi connectivity index (χ4v) is 3.96. The molecule has 0 atom stereocenters. The highest BCUT2D eigenvalue weighted by atomic mass is 32.1. The molecule has 0 aliphatic carbocycles. The average molecular weight is 336 g/mol. The second kappa shape index (κ2) is 7.21. The number of nitrogens with zero attached hydrogens (tertiary/aromatic N) is 3. The van der Waals surface area contributed by atoms with Gasteiger partial charge in [0.15, 0.2) is 0 Å². The van der Waals surface area contributed by atoms with Gasteiger partial charge in [0.2, 0.25) is 0 Å². The van der Waals surface area contributed by atoms with Gasteiger partial charge in [-0.15, -0.1) is 22.7 Å². The minimum atomic E-state index is 0.0311. The molecule has 1 N–H and O–H groups in total. The molecule has 0 spiro atoms. The fourth-order valence-electron chi connectivity index (χ4n) is 2.50. The van der Waals surface area contributed by atoms with E-state index in [4.69, 9.17) is 0 Å². The first-order chi connectivity index (χ1) is 10.7. The molecule has 3 heterocycles. The predicted molar refractivity (Wildman–Crippen MR) is 90.3 cm³/mol. The highest BCUT2D eigenvalue weighted by Crippen LogP contribution is 2.14. The zero-order valence-corrected chi connectivity index (χ0v) is 14.3. The van der Waals surface area contributed by atoms with Gasteiger partial charge in [0.25, 0.3) is 0 Å². The molecule has 7 heteroatoms. The maximum absolute atomic E-state index is 12.2. The third kappa shape index (κ3) is 3.85. The van der Waals surface area contributed by atoms with Gasteiger partial charge in [-0.05, 0) is 18.4 Å². The topological polar surface area (TPSA) is 48.5 Å². The van der Waals surface area contributed by atoms with Crippen molar-refractivity contribution in [2.45, 2.75) is 20.0 Å². The summed E-state index contributed by atoms with van der Waals surface area (Å²) in [5.74, 6) is 0. The van der Waals surface area contributed by atoms with Crippen molar-refractivity contribution in [3.8, 4) is 0 Å². The van der Waals surface area contributed by atoms with Crippen molar-refractivity contribution in [2.24, 2.45) is 0 Å². The summed E-state index contributed by atoms with van der Waals surface area (Å²) in [5.41, 5.74) is 2.83. The molecule has 5 nitrogen and oxygen atoms in total. The highest BCUT2D eigenvalue weighted by Gasteiger charge is 2.21. The van der Waals surface area contributed by atoms with Crippen LogP contribution in [0.1, 0.15) is 15.4 Å². The molecule has 1 saturated heterocycles. The van der Waals surface area contributed by atoms with Gasteiger partial charge >= 0.3 is 6.03 Å². The molecule has 22 heavy (non-hydrogen) atoms. The van der Waals surface area contributed by atoms with E-state index < -0.39 is 0 Å². The Morgan fingerprint density at radius 2 is 2.14 bits per heavy atom. The summed E-state index contributed by atoms with van der Waals surface area (Å²) >= 11 is 3.38. The number of urea groups is 1. The molecular weight excluding hydrogens is 316 g/mol. The molecule has 0 bridgehead atoms. The zero-order valence-electron chi connectivity index (χ0n) is 12.6. The van der Waals surface area contributed by atoms with Crippen molar-refractivity contribution >= 4 is 28.7 Å². The third-order valence-corrected chi connectivity index (χ3v) is 5.66. The van der Waals surface area contributed by atoms with Gasteiger partial charge in [-0.2, -0.15) is 0 Å². The number of hydrogen-bond acceptors (Lipinski definition) is 5. The van der Waals surface area contributed by atoms with Crippen molar-refractivity contribution in [3.63, 3.8) is 0 Å². The summed E-state index contributed by atoms with van der Waals surface area (Å²) < 4.78 is 0. The number of rotatable bonds is 4. The molecule has 1 aliphatic rings. The van der Waals surface area contributed by atoms with Gasteiger partial charge in [0.05, 0.1) is 17.7 Å². The quantitative estimate of drug-likeness (QED) is 0.933. The van der Waals surface area contributed by atoms with Crippen molar-refractivity contribution in [1.82, 2.24) is 20.1 Å². The molecule has 118 valence electrons. The Labute approximate surface area is 138 Å². The lowest BCUT2D eigenvalue weighted by atomic mass is 10.3. The van der Waals surface area contributed by atoms with E-state index in [1.165, 1.54) is 4.88 Å². The van der Waals surface area contributed by atoms with Crippen LogP contribution in [0, 0.1) is 6.92 Å². The second-order valence-corrected chi connectivity index (χ2v) is 7.33. The molecule has 0 radical (unpaired) electrons. The van der Waals surface area contributed by atoms with E-state index >= 15 is 0 Å². The number of thiazole rings is 1. The monoisotopic (exact) mass is 336 g/mol. The molecule has 2 aromatic rings. The van der Waals surface area contributed by atoms with Crippen LogP contribution in [0.4, 0.5) is 4.79 Å². The van der Waals surface area contributed by atoms with Crippen LogP contribution < -0.4 is 5.32 Å². The summed E-state index contributed by atoms with van der Waals surface area (Å²) in [6.45, 7) is 6.99. The lowest BCUT2D eigenvalue weighted by Gasteiger charge is -2.34. The van der Waals surface area contributed by atoms with Gasteiger partial charge < -0.3 is 10.2 Å². The van der Waals surface area contributed by atoms with Crippen molar-refractivity contribution in [1.29, 1.82) is 0 Å². The maximum atomic E-state index is 12.2. The molecule has 3 rings (SSSR count). The van der Waals surface area contributed by atoms with Gasteiger partial charge in [0.1, 0.15) is 0 Å². The van der Waals surface area contributed by atoms with Crippen LogP contribution in [-0.4, -0.2) is 47.0 Å². The number of carbonyl (C=O) groups is 1. The SMILES string of the molecule is Cc1ncsc1CNC(=O)N1CCN(Cc2cccs2)CC1. The van der Waals surface area contributed by atoms with Crippen molar-refractivity contribution in [2.75, 3.05) is 26.2 Å². The summed E-state index contributed by atoms with van der Waals surface area (Å²) in [6.07, 6.45) is 0. The molecule has 2 aromatic heterocycles. The number of amides is 2. The first-order valence-electron chi connectivity index (χ1n) is 7.39. The highest BCUT2D eigenvalue weighted by molar-refractivity contribution is 7.10. The Kier molecular flexibility index (Phi) is 5.07. The van der Waals surface area contributed by atoms with Crippen LogP contribution in [0.5, 0.6) is 0 Å². The molecule has 0 saturated carbocycles. The van der Waals surface area contributed by atoms with Crippen LogP contribution in [-0.2, 0) is 13.1 Å². The summed E-state index contributed by atoms with van der Waals surface area (Å²) in [4.78, 5) is 23.2. The van der Waals surface area contributed by atoms with Crippen molar-refractivity contribution in [3.05, 3.63) is 38.5 Å². The standard InChI is InChI=1S/C15H20N4OS2/c1-12-14(22-11-17-12)9-16-15(20)19-6-4-18(5-7-19)10-13-3-2-8-21-13/h2-3,8,11H,4-7,9-10H2,1H3,(H,16,20). The van der Waals surface area contributed by atoms with E-state index in [2.05, 4.69) is 32.7 Å². The number of aromatic nitrogens is 1. The Bertz CT molecular complexity index is 603. The smallest absolute Gasteiger partial charge is 0.317 e. The van der Waals surface area contributed by atoms with Crippen LogP contribution >= 0.6 is 22.7 Å². The van der Waals surface area contributed by atoms with Crippen LogP contribution in [0.25, 0.3) is 0 Å². The number of nitrogens with one attached hydrogen (secondary N) is 1. The molecule has 2 amide bonds. The Morgan fingerprint density at radius 3 is 2.77 bits per heavy atom. The number of carbonyl (C=O) groups excluding carboxylic acids is 1. The largest absolute Gasteiger partial charge is 0.333 e. The van der Waals surface area contributed by atoms with E-state index in [9.17, 15) is 4.79 Å². The minimum absolute atomic E-state index is 0.0311. The maximum Gasteiger partial charge on any atom is 0.317 e. The van der Waals surface area contributed by atoms with Crippen LogP contribution in [0.15, 0.2) is 23.0 Å². The molecule has 1 aliphatic heterocycles. The second-order valence-electron chi connectivity index (χ2n) is 5.36. The Balaban J connectivity index is 1.42. The minimum Gasteiger partial charge on any atom is -0.333 e. The molecule has 0 unspecified atom stereocenters. The first-order valence-corrected chi connectivity index (χ1v) is 9.15. The number of hydrogen-bond donors (Lipinski definition) is 1. The van der Waals surface area contributed by atoms with Crippen molar-refractivity contribution < 1.29 is 4.79 Å². The third-order valence-electron chi connectivity index (χ3n) is 3.86. The van der Waals surface area contributed by atoms with E-state index in [1.54, 1.807) is 22.7 Å². The first kappa shape index (κ1) is 15.5. The van der Waals surface area contributed by atoms with Crippen LogP contribution in [0.2, 0.25) is 0 Å². The number of aryl methyl sites for hydroxylation is 1. The van der Waals surface area contributed by atoms with E-state index in [0.717, 1.165) is 43.3 Å². The lowest BCUT2D eigenvalue weighted by Crippen LogP contribution is -2.51. The molecule has 0 aromatic carbocycles. The lowest BCUT2D eigenvalue weighted by molar-refractivity contribution is 0.136. The van der Waals surface area contributed by atoms with Gasteiger partial charge in [0, 0.05) is 42.5 Å². The Hall–Kier alpha value is -1.44. The normalized spacial score (nSPS) is 16.0. The van der Waals surface area contributed by atoms with Crippen LogP contribution in [0.3, 0.4) is 0 Å². The number of thiophene rings is 1. The van der Waals surface area contributed by atoms with Gasteiger partial charge in [-0.1, -0.05) is 6.07 Å². The summed E-state index contributed by atoms with van der Waals surface area (Å²) in [7, 11) is 0. The fraction of sp³-hybridized carbons (Fsp3) is 0.467. The van der Waals surface area contributed by atoms with Gasteiger partial charge in [-0.3, -0.25) is 4.90 Å². The van der Waals surface area contributed by atoms with E-state index in [0.29, 0.717) is 6.54 Å². The predicted octanol–water partition coefficient (Wildman–Crippen LogP) is 2.54. The van der Waals surface area contributed by atoms with E-state index in [1.807, 2.05) is 17.3 Å². The van der Waals surface area contributed by atoms with Gasteiger partial charge in [-0.25, -0.2) is 9.78 Å². The average Bonchev–Trinajstić information content (AvgIpc) is 3.17. The molecular formula is C15H20N4OS2. The summed E-state index contributed by atoms with van der Waals surface area (Å²) in [6, 6.07) is 4.29. The van der Waals surface area contributed by atoms with E-state index in [-0.39, 0.29) is 6.03 Å². The Morgan fingerprint density at radius 1 is 1.32 bits per heavy atom. The summed E-state index contributed by atoms with van der Waals surface area (Å²) in [5, 5.41) is 5.11. The number of piperazine rings is 1. The zero-order chi connectivity index (χ0) is 15.4. The molecule has 1 fully saturated rings.